The molecule has 112 valence electrons. The Hall–Kier alpha value is -1.59. The number of amides is 1. The molecular weight excluding hydrogens is 288 g/mol. The van der Waals surface area contributed by atoms with Crippen LogP contribution in [0.1, 0.15) is 42.9 Å². The van der Waals surface area contributed by atoms with Crippen LogP contribution in [0.3, 0.4) is 0 Å². The van der Waals surface area contributed by atoms with E-state index in [0.29, 0.717) is 18.9 Å². The number of nitrogens with two attached hydrogens (primary N) is 1. The second-order valence-corrected chi connectivity index (χ2v) is 5.75. The van der Waals surface area contributed by atoms with E-state index in [2.05, 4.69) is 17.2 Å². The van der Waals surface area contributed by atoms with Gasteiger partial charge in [0.1, 0.15) is 0 Å². The summed E-state index contributed by atoms with van der Waals surface area (Å²) in [5.41, 5.74) is 9.69. The summed E-state index contributed by atoms with van der Waals surface area (Å²) in [6.07, 6.45) is 8.19. The molecule has 21 heavy (non-hydrogen) atoms. The number of hydrogen-bond donors (Lipinski definition) is 1. The van der Waals surface area contributed by atoms with E-state index in [9.17, 15) is 4.79 Å². The summed E-state index contributed by atoms with van der Waals surface area (Å²) in [6.45, 7) is 1.22. The number of rotatable bonds is 3. The monoisotopic (exact) mass is 306 g/mol. The van der Waals surface area contributed by atoms with Crippen molar-refractivity contribution in [1.82, 2.24) is 9.38 Å². The Morgan fingerprint density at radius 2 is 2.14 bits per heavy atom. The molecule has 1 amide bonds. The first kappa shape index (κ1) is 14.4. The summed E-state index contributed by atoms with van der Waals surface area (Å²) in [7, 11) is 0. The Bertz CT molecular complexity index is 692. The van der Waals surface area contributed by atoms with Crippen LogP contribution in [0.4, 0.5) is 5.69 Å². The number of imidazole rings is 1. The molecule has 1 saturated heterocycles. The number of hydrogen-bond acceptors (Lipinski definition) is 3. The van der Waals surface area contributed by atoms with Gasteiger partial charge in [-0.2, -0.15) is 0 Å². The van der Waals surface area contributed by atoms with Crippen molar-refractivity contribution in [3.8, 4) is 0 Å². The third-order valence-corrected chi connectivity index (χ3v) is 4.22. The Labute approximate surface area is 129 Å². The lowest BCUT2D eigenvalue weighted by molar-refractivity contribution is -0.117. The third-order valence-electron chi connectivity index (χ3n) is 4.22. The predicted octanol–water partition coefficient (Wildman–Crippen LogP) is 2.22. The molecule has 2 N–H and O–H groups in total. The van der Waals surface area contributed by atoms with Crippen LogP contribution in [0.25, 0.3) is 5.65 Å². The maximum atomic E-state index is 12.1. The molecule has 0 radical (unpaired) electrons. The summed E-state index contributed by atoms with van der Waals surface area (Å²) in [5.74, 6) is 0.858. The lowest BCUT2D eigenvalue weighted by Gasteiger charge is -2.17. The number of carbonyl (C=O) groups is 1. The second kappa shape index (κ2) is 5.31. The summed E-state index contributed by atoms with van der Waals surface area (Å²) < 4.78 is 2.04. The van der Waals surface area contributed by atoms with Crippen molar-refractivity contribution in [2.75, 3.05) is 11.4 Å². The van der Waals surface area contributed by atoms with Crippen molar-refractivity contribution in [3.63, 3.8) is 0 Å². The standard InChI is InChI=1S/C15H18N4O.ClH/c16-7-12-9-18-8-11(10-3-4-10)6-13(15(18)17-12)19-5-1-2-14(19)20;/h6,8-10H,1-5,7,16H2;1H. The maximum absolute atomic E-state index is 12.1. The van der Waals surface area contributed by atoms with Crippen molar-refractivity contribution >= 4 is 29.6 Å². The Kier molecular flexibility index (Phi) is 3.63. The van der Waals surface area contributed by atoms with Crippen LogP contribution < -0.4 is 10.6 Å². The van der Waals surface area contributed by atoms with Crippen molar-refractivity contribution in [3.05, 3.63) is 29.7 Å². The van der Waals surface area contributed by atoms with Gasteiger partial charge in [-0.3, -0.25) is 4.79 Å². The number of halogens is 1. The molecular formula is C15H19ClN4O. The molecule has 0 bridgehead atoms. The minimum absolute atomic E-state index is 0. The van der Waals surface area contributed by atoms with Gasteiger partial charge in [-0.25, -0.2) is 4.98 Å². The SMILES string of the molecule is Cl.NCc1cn2cc(C3CC3)cc(N3CCCC3=O)c2n1. The first-order chi connectivity index (χ1) is 9.76. The fraction of sp³-hybridized carbons (Fsp3) is 0.467. The molecule has 0 spiro atoms. The number of carbonyl (C=O) groups excluding carboxylic acids is 1. The zero-order chi connectivity index (χ0) is 13.7. The van der Waals surface area contributed by atoms with Gasteiger partial charge in [-0.15, -0.1) is 12.4 Å². The van der Waals surface area contributed by atoms with E-state index in [4.69, 9.17) is 5.73 Å². The molecule has 2 aromatic heterocycles. The molecule has 6 heteroatoms. The Balaban J connectivity index is 0.00000132. The van der Waals surface area contributed by atoms with Crippen LogP contribution in [0.15, 0.2) is 18.5 Å². The highest BCUT2D eigenvalue weighted by atomic mass is 35.5. The lowest BCUT2D eigenvalue weighted by atomic mass is 10.1. The van der Waals surface area contributed by atoms with Gasteiger partial charge in [0.25, 0.3) is 0 Å². The van der Waals surface area contributed by atoms with E-state index in [0.717, 1.165) is 30.0 Å². The molecule has 3 heterocycles. The van der Waals surface area contributed by atoms with Gasteiger partial charge in [0.15, 0.2) is 5.65 Å². The summed E-state index contributed by atoms with van der Waals surface area (Å²) in [4.78, 5) is 18.5. The van der Waals surface area contributed by atoms with E-state index >= 15 is 0 Å². The van der Waals surface area contributed by atoms with Crippen LogP contribution in [-0.4, -0.2) is 21.8 Å². The van der Waals surface area contributed by atoms with Crippen molar-refractivity contribution in [1.29, 1.82) is 0 Å². The summed E-state index contributed by atoms with van der Waals surface area (Å²) in [5, 5.41) is 0. The van der Waals surface area contributed by atoms with Crippen LogP contribution in [0, 0.1) is 0 Å². The van der Waals surface area contributed by atoms with Gasteiger partial charge in [-0.05, 0) is 36.8 Å². The third kappa shape index (κ3) is 2.40. The van der Waals surface area contributed by atoms with Crippen molar-refractivity contribution < 1.29 is 4.79 Å². The summed E-state index contributed by atoms with van der Waals surface area (Å²) >= 11 is 0. The fourth-order valence-corrected chi connectivity index (χ4v) is 2.99. The molecule has 1 saturated carbocycles. The Morgan fingerprint density at radius 1 is 1.33 bits per heavy atom. The van der Waals surface area contributed by atoms with Gasteiger partial charge in [0.2, 0.25) is 5.91 Å². The van der Waals surface area contributed by atoms with Crippen LogP contribution in [0.2, 0.25) is 0 Å². The highest BCUT2D eigenvalue weighted by Crippen LogP contribution is 2.42. The molecule has 0 atom stereocenters. The van der Waals surface area contributed by atoms with E-state index in [1.807, 2.05) is 15.5 Å². The maximum Gasteiger partial charge on any atom is 0.227 e. The van der Waals surface area contributed by atoms with Crippen molar-refractivity contribution in [2.45, 2.75) is 38.1 Å². The molecule has 4 rings (SSSR count). The van der Waals surface area contributed by atoms with Crippen molar-refractivity contribution in [2.24, 2.45) is 5.73 Å². The van der Waals surface area contributed by atoms with Gasteiger partial charge < -0.3 is 15.0 Å². The van der Waals surface area contributed by atoms with Crippen LogP contribution in [0.5, 0.6) is 0 Å². The minimum atomic E-state index is 0. The van der Waals surface area contributed by atoms with E-state index < -0.39 is 0 Å². The zero-order valence-electron chi connectivity index (χ0n) is 11.8. The van der Waals surface area contributed by atoms with Gasteiger partial charge in [-0.1, -0.05) is 0 Å². The number of anilines is 1. The predicted molar refractivity (Wildman–Crippen MR) is 83.9 cm³/mol. The Morgan fingerprint density at radius 3 is 2.76 bits per heavy atom. The average Bonchev–Trinajstić information content (AvgIpc) is 3.08. The molecule has 5 nitrogen and oxygen atoms in total. The largest absolute Gasteiger partial charge is 0.325 e. The van der Waals surface area contributed by atoms with E-state index in [1.54, 1.807) is 0 Å². The van der Waals surface area contributed by atoms with Gasteiger partial charge in [0, 0.05) is 31.9 Å². The smallest absolute Gasteiger partial charge is 0.227 e. The number of nitrogens with zero attached hydrogens (tertiary/aromatic N) is 3. The number of pyridine rings is 1. The molecule has 1 aliphatic carbocycles. The lowest BCUT2D eigenvalue weighted by Crippen LogP contribution is -2.24. The molecule has 2 aliphatic rings. The minimum Gasteiger partial charge on any atom is -0.325 e. The summed E-state index contributed by atoms with van der Waals surface area (Å²) in [6, 6.07) is 2.16. The van der Waals surface area contributed by atoms with E-state index in [1.165, 1.54) is 18.4 Å². The quantitative estimate of drug-likeness (QED) is 0.945. The molecule has 0 unspecified atom stereocenters. The van der Waals surface area contributed by atoms with Gasteiger partial charge in [0.05, 0.1) is 11.4 Å². The highest BCUT2D eigenvalue weighted by molar-refractivity contribution is 5.98. The zero-order valence-corrected chi connectivity index (χ0v) is 12.6. The van der Waals surface area contributed by atoms with E-state index in [-0.39, 0.29) is 18.3 Å². The first-order valence-corrected chi connectivity index (χ1v) is 7.28. The molecule has 2 fully saturated rings. The average molecular weight is 307 g/mol. The first-order valence-electron chi connectivity index (χ1n) is 7.28. The van der Waals surface area contributed by atoms with Crippen LogP contribution >= 0.6 is 12.4 Å². The molecule has 1 aliphatic heterocycles. The molecule has 0 aromatic carbocycles. The van der Waals surface area contributed by atoms with Crippen LogP contribution in [-0.2, 0) is 11.3 Å². The normalized spacial score (nSPS) is 18.3. The number of aromatic nitrogens is 2. The molecule has 2 aromatic rings. The fourth-order valence-electron chi connectivity index (χ4n) is 2.99. The number of fused-ring (bicyclic) bond motifs is 1. The topological polar surface area (TPSA) is 63.6 Å². The highest BCUT2D eigenvalue weighted by Gasteiger charge is 2.29. The van der Waals surface area contributed by atoms with Gasteiger partial charge >= 0.3 is 0 Å². The second-order valence-electron chi connectivity index (χ2n) is 5.75.